The Labute approximate surface area is 671 Å². The number of H-pyrrole nitrogens is 2. The second kappa shape index (κ2) is 48.7. The maximum absolute atomic E-state index is 15.3. The van der Waals surface area contributed by atoms with E-state index in [1.165, 1.54) is 12.5 Å². The number of amides is 14. The van der Waals surface area contributed by atoms with Gasteiger partial charge in [-0.2, -0.15) is 0 Å². The average molecular weight is 1620 g/mol. The van der Waals surface area contributed by atoms with Crippen LogP contribution in [0.3, 0.4) is 0 Å². The highest BCUT2D eigenvalue weighted by Gasteiger charge is 2.44. The molecule has 636 valence electrons. The topological polar surface area (TPSA) is 623 Å². The number of nitrogens with two attached hydrogens (primary N) is 3. The number of aliphatic hydroxyl groups is 3. The molecule has 4 heterocycles. The molecule has 0 saturated carbocycles. The maximum atomic E-state index is 15.3. The minimum atomic E-state index is -1.92. The van der Waals surface area contributed by atoms with E-state index >= 15 is 14.4 Å². The van der Waals surface area contributed by atoms with Crippen molar-refractivity contribution in [3.63, 3.8) is 0 Å². The molecule has 2 saturated heterocycles. The van der Waals surface area contributed by atoms with Gasteiger partial charge < -0.3 is 117 Å². The van der Waals surface area contributed by atoms with Crippen molar-refractivity contribution in [2.75, 3.05) is 39.3 Å². The molecular weight excluding hydrogens is 1510 g/mol. The van der Waals surface area contributed by atoms with Gasteiger partial charge in [0, 0.05) is 81.3 Å². The van der Waals surface area contributed by atoms with Crippen LogP contribution in [0.1, 0.15) is 160 Å². The second-order valence-corrected chi connectivity index (χ2v) is 29.2. The molecule has 2 aromatic carbocycles. The van der Waals surface area contributed by atoms with E-state index in [0.717, 1.165) is 48.4 Å². The van der Waals surface area contributed by atoms with Crippen LogP contribution in [0.4, 0.5) is 0 Å². The molecule has 2 aliphatic heterocycles. The number of nitrogens with one attached hydrogen (secondary N) is 16. The van der Waals surface area contributed by atoms with E-state index in [2.05, 4.69) is 84.1 Å². The Morgan fingerprint density at radius 3 is 1.99 bits per heavy atom. The second-order valence-electron chi connectivity index (χ2n) is 29.2. The van der Waals surface area contributed by atoms with Gasteiger partial charge in [-0.05, 0) is 88.4 Å². The van der Waals surface area contributed by atoms with E-state index in [9.17, 15) is 72.9 Å². The van der Waals surface area contributed by atoms with Crippen molar-refractivity contribution in [2.24, 2.45) is 17.2 Å². The zero-order chi connectivity index (χ0) is 84.8. The molecule has 39 nitrogen and oxygen atoms in total. The van der Waals surface area contributed by atoms with Crippen LogP contribution < -0.4 is 86.3 Å². The molecule has 2 aliphatic rings. The van der Waals surface area contributed by atoms with Gasteiger partial charge in [0.05, 0.1) is 43.9 Å². The van der Waals surface area contributed by atoms with E-state index < -0.39 is 225 Å². The van der Waals surface area contributed by atoms with Gasteiger partial charge in [0.15, 0.2) is 5.96 Å². The van der Waals surface area contributed by atoms with Gasteiger partial charge in [-0.1, -0.05) is 101 Å². The van der Waals surface area contributed by atoms with Crippen LogP contribution in [0.5, 0.6) is 0 Å². The number of imidazole rings is 1. The number of aromatic amines is 2. The number of benzene rings is 2. The molecule has 116 heavy (non-hydrogen) atoms. The normalized spacial score (nSPS) is 20.5. The fourth-order valence-electron chi connectivity index (χ4n) is 13.3. The monoisotopic (exact) mass is 1620 g/mol. The van der Waals surface area contributed by atoms with Gasteiger partial charge in [-0.15, -0.1) is 0 Å². The molecule has 0 aliphatic carbocycles. The zero-order valence-electron chi connectivity index (χ0n) is 65.8. The molecule has 6 rings (SSSR count). The number of nitrogens with zero attached hydrogens (tertiary/aromatic N) is 2. The van der Waals surface area contributed by atoms with E-state index in [1.807, 2.05) is 19.1 Å². The molecule has 0 radical (unpaired) electrons. The number of hydrogen-bond donors (Lipinski definition) is 22. The lowest BCUT2D eigenvalue weighted by atomic mass is 10.0. The average Bonchev–Trinajstić information content (AvgIpc) is 1.65. The van der Waals surface area contributed by atoms with Gasteiger partial charge >= 0.3 is 0 Å². The number of carbonyl (C=O) groups excluding carboxylic acids is 15. The number of rotatable bonds is 38. The quantitative estimate of drug-likeness (QED) is 0.0115. The lowest BCUT2D eigenvalue weighted by Crippen LogP contribution is -2.62. The molecule has 39 heteroatoms. The first-order valence-electron chi connectivity index (χ1n) is 39.5. The predicted molar refractivity (Wildman–Crippen MR) is 422 cm³/mol. The lowest BCUT2D eigenvalue weighted by Gasteiger charge is -2.31. The number of Topliss-reactive ketones (excluding diaryl/α,β-unsaturated/α-hetero) is 1. The number of aliphatic hydroxyl groups excluding tert-OH is 3. The Hall–Kier alpha value is -11.4. The summed E-state index contributed by atoms with van der Waals surface area (Å²) in [5.41, 5.74) is 18.9. The molecule has 4 aromatic rings. The van der Waals surface area contributed by atoms with Crippen molar-refractivity contribution in [1.82, 2.24) is 89.0 Å². The summed E-state index contributed by atoms with van der Waals surface area (Å²) in [5.74, 6) is -14.0. The highest BCUT2D eigenvalue weighted by molar-refractivity contribution is 6.01. The van der Waals surface area contributed by atoms with Crippen molar-refractivity contribution < 1.29 is 87.2 Å². The zero-order valence-corrected chi connectivity index (χ0v) is 65.8. The third-order valence-electron chi connectivity index (χ3n) is 19.8. The summed E-state index contributed by atoms with van der Waals surface area (Å²) in [4.78, 5) is 222. The highest BCUT2D eigenvalue weighted by atomic mass is 16.3. The minimum Gasteiger partial charge on any atom is -0.394 e. The highest BCUT2D eigenvalue weighted by Crippen LogP contribution is 2.24. The molecule has 13 atom stereocenters. The summed E-state index contributed by atoms with van der Waals surface area (Å²) in [6, 6.07) is -1.84. The van der Waals surface area contributed by atoms with Crippen molar-refractivity contribution in [2.45, 2.75) is 241 Å². The van der Waals surface area contributed by atoms with Gasteiger partial charge in [-0.3, -0.25) is 77.3 Å². The number of hydrogen-bond acceptors (Lipinski definition) is 21. The SMILES string of the molecule is CCCCCCCC(=O)NCC(=O)N[C@@H](CO)C(=O)N[C@H](CCC(N)=O)C(=O)N[C@@H](Cc1c[nH]cn1)C(=O)N[C@H](C(=O)N[C@@H](CCCC)C(=O)N[C@H]1CCC(=O)CNCCCC[C@@H](C(N)=O)NC(=O)[C@H](Cc2c[nH]c3ccccc23)NC(=O)[C@H](CCCNC(=N)N)NC(=O)[C@@H](Cc2ccccc2)NC(=O)[C@@H]2C[C@@H](O)CN2C1=O)C(C)O. The van der Waals surface area contributed by atoms with Crippen LogP contribution in [0.25, 0.3) is 10.9 Å². The summed E-state index contributed by atoms with van der Waals surface area (Å²) >= 11 is 0. The first-order valence-corrected chi connectivity index (χ1v) is 39.5. The molecule has 2 fully saturated rings. The Kier molecular flexibility index (Phi) is 39.2. The summed E-state index contributed by atoms with van der Waals surface area (Å²) in [6.45, 7) is 2.87. The van der Waals surface area contributed by atoms with E-state index in [0.29, 0.717) is 30.4 Å². The maximum Gasteiger partial charge on any atom is 0.245 e. The Morgan fingerprint density at radius 1 is 0.655 bits per heavy atom. The van der Waals surface area contributed by atoms with Gasteiger partial charge in [-0.25, -0.2) is 4.98 Å². The third kappa shape index (κ3) is 31.4. The van der Waals surface area contributed by atoms with Crippen molar-refractivity contribution in [3.05, 3.63) is 90.1 Å². The van der Waals surface area contributed by atoms with E-state index in [-0.39, 0.29) is 89.1 Å². The van der Waals surface area contributed by atoms with Crippen molar-refractivity contribution in [1.29, 1.82) is 5.41 Å². The summed E-state index contributed by atoms with van der Waals surface area (Å²) in [6.07, 6.45) is 3.84. The molecular formula is C77H115N21O18. The summed E-state index contributed by atoms with van der Waals surface area (Å²) < 4.78 is 0. The standard InChI is InChI=1S/C77H115N21O18/c1-4-6-8-9-13-26-63(104)86-40-64(105)88-60(42-99)73(113)91-55(29-30-62(78)103)69(109)95-59(35-47-38-83-43-87-47)72(112)97-65(44(3)100)75(115)92-53(22-7-5-2)67(107)93-56-28-27-48(101)39-82-31-17-16-24-52(66(79)106)89-71(111)58(34-46-37-85-51-23-15-14-21-50(46)51)94-68(108)54(25-18-32-84-77(80)81)90-70(110)57(33-45-19-11-10-12-20-45)96-74(114)61-36-49(102)41-98(61)76(56)116/h10-12,14-15,19-21,23,37-38,43-44,49,52-61,65,82,85,99-100,102H,4-9,13,16-18,22,24-36,39-42H2,1-3H3,(H2,78,103)(H2,79,106)(H,83,87)(H,86,104)(H,88,105)(H,89,111)(H,90,110)(H,91,113)(H,92,115)(H,93,107)(H,94,108)(H,95,109)(H,96,114)(H,97,112)(H4,80,81,84)/t44?,49-,52+,53+,54+,55-,56+,57-,58+,59+,60+,61+,65+/m1/s1. The summed E-state index contributed by atoms with van der Waals surface area (Å²) in [5, 5.41) is 75.0. The molecule has 14 amide bonds. The fraction of sp³-hybridized carbons (Fsp3) is 0.571. The van der Waals surface area contributed by atoms with Crippen LogP contribution >= 0.6 is 0 Å². The number of carbonyl (C=O) groups is 15. The van der Waals surface area contributed by atoms with Crippen LogP contribution in [0.15, 0.2) is 73.3 Å². The molecule has 0 spiro atoms. The Morgan fingerprint density at radius 2 is 1.30 bits per heavy atom. The van der Waals surface area contributed by atoms with Crippen LogP contribution in [-0.4, -0.2) is 248 Å². The minimum absolute atomic E-state index is 0.0219. The molecule has 1 unspecified atom stereocenters. The van der Waals surface area contributed by atoms with E-state index in [1.54, 1.807) is 55.6 Å². The van der Waals surface area contributed by atoms with Crippen molar-refractivity contribution >= 4 is 105 Å². The Balaban J connectivity index is 1.26. The summed E-state index contributed by atoms with van der Waals surface area (Å²) in [7, 11) is 0. The number of aromatic nitrogens is 3. The first kappa shape index (κ1) is 93.4. The first-order chi connectivity index (χ1) is 55.5. The molecule has 2 aromatic heterocycles. The smallest absolute Gasteiger partial charge is 0.245 e. The Bertz CT molecular complexity index is 3980. The predicted octanol–water partition coefficient (Wildman–Crippen LogP) is -4.09. The number of ketones is 1. The number of para-hydroxylation sites is 1. The fourth-order valence-corrected chi connectivity index (χ4v) is 13.3. The van der Waals surface area contributed by atoms with Crippen LogP contribution in [0, 0.1) is 5.41 Å². The number of guanidine groups is 1. The number of fused-ring (bicyclic) bond motifs is 2. The van der Waals surface area contributed by atoms with Crippen molar-refractivity contribution in [3.8, 4) is 0 Å². The van der Waals surface area contributed by atoms with Gasteiger partial charge in [0.1, 0.15) is 72.2 Å². The molecule has 0 bridgehead atoms. The van der Waals surface area contributed by atoms with Crippen LogP contribution in [0.2, 0.25) is 0 Å². The lowest BCUT2D eigenvalue weighted by molar-refractivity contribution is -0.143. The largest absolute Gasteiger partial charge is 0.394 e. The van der Waals surface area contributed by atoms with Gasteiger partial charge in [0.2, 0.25) is 82.7 Å². The third-order valence-corrected chi connectivity index (χ3v) is 19.8. The van der Waals surface area contributed by atoms with E-state index in [4.69, 9.17) is 22.6 Å². The number of primary amides is 2. The van der Waals surface area contributed by atoms with Gasteiger partial charge in [0.25, 0.3) is 0 Å². The number of unbranched alkanes of at least 4 members (excludes halogenated alkanes) is 5. The van der Waals surface area contributed by atoms with Crippen LogP contribution in [-0.2, 0) is 91.2 Å². The molecule has 25 N–H and O–H groups in total.